The minimum absolute atomic E-state index is 0.136. The Kier molecular flexibility index (Phi) is 5.39. The predicted molar refractivity (Wildman–Crippen MR) is 44.9 cm³/mol. The van der Waals surface area contributed by atoms with E-state index in [-0.39, 0.29) is 13.0 Å². The monoisotopic (exact) mass is 212 g/mol. The highest BCUT2D eigenvalue weighted by molar-refractivity contribution is 7.46. The average Bonchev–Trinajstić information content (AvgIpc) is 1.95. The molecule has 0 saturated carbocycles. The normalized spacial score (nSPS) is 14.2. The third-order valence-corrected chi connectivity index (χ3v) is 1.84. The van der Waals surface area contributed by atoms with E-state index in [4.69, 9.17) is 15.0 Å². The molecule has 0 rings (SSSR count). The van der Waals surface area contributed by atoms with Crippen molar-refractivity contribution in [3.05, 3.63) is 12.2 Å². The molecule has 0 aromatic rings. The maximum Gasteiger partial charge on any atom is 0.469 e. The van der Waals surface area contributed by atoms with Crippen LogP contribution in [-0.4, -0.2) is 27.8 Å². The average molecular weight is 212 g/mol. The summed E-state index contributed by atoms with van der Waals surface area (Å²) in [4.78, 5) is 20.6. The Bertz CT molecular complexity index is 209. The molecule has 0 aliphatic heterocycles. The van der Waals surface area contributed by atoms with Crippen LogP contribution in [0.2, 0.25) is 0 Å². The van der Waals surface area contributed by atoms with E-state index in [0.29, 0.717) is 5.57 Å². The van der Waals surface area contributed by atoms with Crippen LogP contribution in [0.25, 0.3) is 0 Å². The van der Waals surface area contributed by atoms with Gasteiger partial charge in [0.2, 0.25) is 0 Å². The quantitative estimate of drug-likeness (QED) is 0.262. The summed E-state index contributed by atoms with van der Waals surface area (Å²) in [5, 5.41) is 8.32. The Hall–Kier alpha value is -0.230. The molecule has 0 fully saturated rings. The lowest BCUT2D eigenvalue weighted by atomic mass is 10.1. The smallest absolute Gasteiger partial charge is 0.303 e. The van der Waals surface area contributed by atoms with Crippen LogP contribution in [0, 0.1) is 0 Å². The van der Waals surface area contributed by atoms with E-state index >= 15 is 0 Å². The van der Waals surface area contributed by atoms with E-state index in [1.165, 1.54) is 0 Å². The molecular weight excluding hydrogens is 199 g/mol. The molecule has 13 heavy (non-hydrogen) atoms. The largest absolute Gasteiger partial charge is 0.469 e. The van der Waals surface area contributed by atoms with E-state index in [0.717, 1.165) is 0 Å². The van der Waals surface area contributed by atoms with E-state index < -0.39 is 13.9 Å². The van der Waals surface area contributed by atoms with Gasteiger partial charge in [-0.05, 0) is 12.5 Å². The van der Waals surface area contributed by atoms with Crippen molar-refractivity contribution < 1.29 is 29.0 Å². The van der Waals surface area contributed by atoms with Gasteiger partial charge in [-0.1, -0.05) is 6.58 Å². The van der Waals surface area contributed by atoms with Gasteiger partial charge in [-0.15, -0.1) is 0 Å². The van der Waals surface area contributed by atoms with E-state index in [1.54, 1.807) is 6.92 Å². The summed E-state index contributed by atoms with van der Waals surface area (Å²) in [6.07, 6.45) is -0.525. The van der Waals surface area contributed by atoms with Gasteiger partial charge in [0, 0.05) is 6.42 Å². The molecule has 0 amide bonds. The van der Waals surface area contributed by atoms with Gasteiger partial charge in [0.05, 0.1) is 6.61 Å². The molecule has 3 N–H and O–H groups in total. The van der Waals surface area contributed by atoms with Crippen molar-refractivity contribution in [2.24, 2.45) is 0 Å². The second kappa shape index (κ2) is 5.49. The Morgan fingerprint density at radius 2 is 2.15 bits per heavy atom. The molecule has 0 bridgehead atoms. The highest BCUT2D eigenvalue weighted by atomic mass is 31.2. The first-order valence-electron chi connectivity index (χ1n) is 3.52. The molecule has 0 aromatic heterocycles. The first-order valence-corrected chi connectivity index (χ1v) is 5.05. The van der Waals surface area contributed by atoms with Crippen LogP contribution in [-0.2, 0) is 14.0 Å². The van der Waals surface area contributed by atoms with Crippen molar-refractivity contribution in [2.45, 2.75) is 19.4 Å². The van der Waals surface area contributed by atoms with Crippen LogP contribution >= 0.6 is 7.82 Å². The molecule has 1 unspecified atom stereocenters. The third kappa shape index (κ3) is 6.89. The molecule has 7 heteroatoms. The molecule has 1 atom stereocenters. The molecule has 78 valence electrons. The van der Waals surface area contributed by atoms with Crippen molar-refractivity contribution in [3.63, 3.8) is 0 Å². The van der Waals surface area contributed by atoms with E-state index in [2.05, 4.69) is 16.0 Å². The molecule has 0 radical (unpaired) electrons. The van der Waals surface area contributed by atoms with Gasteiger partial charge < -0.3 is 9.79 Å². The van der Waals surface area contributed by atoms with Crippen molar-refractivity contribution in [3.8, 4) is 0 Å². The molecule has 0 aliphatic rings. The molecule has 0 aliphatic carbocycles. The first kappa shape index (κ1) is 12.8. The van der Waals surface area contributed by atoms with Gasteiger partial charge in [0.1, 0.15) is 6.10 Å². The summed E-state index contributed by atoms with van der Waals surface area (Å²) < 4.78 is 14.4. The Labute approximate surface area is 76.0 Å². The molecular formula is C6H13O6P. The van der Waals surface area contributed by atoms with Crippen LogP contribution in [0.4, 0.5) is 0 Å². The van der Waals surface area contributed by atoms with Crippen LogP contribution < -0.4 is 0 Å². The third-order valence-electron chi connectivity index (χ3n) is 1.32. The highest BCUT2D eigenvalue weighted by Gasteiger charge is 2.16. The molecule has 0 spiro atoms. The second-order valence-corrected chi connectivity index (χ2v) is 3.79. The van der Waals surface area contributed by atoms with Gasteiger partial charge in [0.15, 0.2) is 0 Å². The Balaban J connectivity index is 3.74. The van der Waals surface area contributed by atoms with Crippen molar-refractivity contribution >= 4 is 7.82 Å². The van der Waals surface area contributed by atoms with Crippen LogP contribution in [0.1, 0.15) is 13.3 Å². The van der Waals surface area contributed by atoms with Gasteiger partial charge in [-0.25, -0.2) is 9.45 Å². The lowest BCUT2D eigenvalue weighted by Crippen LogP contribution is -2.14. The van der Waals surface area contributed by atoms with Crippen molar-refractivity contribution in [1.82, 2.24) is 0 Å². The van der Waals surface area contributed by atoms with Crippen LogP contribution in [0.15, 0.2) is 12.2 Å². The second-order valence-electron chi connectivity index (χ2n) is 2.55. The zero-order valence-corrected chi connectivity index (χ0v) is 8.11. The van der Waals surface area contributed by atoms with Gasteiger partial charge >= 0.3 is 7.82 Å². The first-order chi connectivity index (χ1) is 5.87. The lowest BCUT2D eigenvalue weighted by molar-refractivity contribution is -0.270. The zero-order valence-electron chi connectivity index (χ0n) is 7.21. The number of rotatable bonds is 6. The number of hydrogen-bond acceptors (Lipinski definition) is 4. The Morgan fingerprint density at radius 3 is 2.46 bits per heavy atom. The number of phosphoric ester groups is 1. The number of hydrogen-bond donors (Lipinski definition) is 3. The zero-order chi connectivity index (χ0) is 10.5. The minimum atomic E-state index is -4.43. The summed E-state index contributed by atoms with van der Waals surface area (Å²) in [5.74, 6) is 0. The summed E-state index contributed by atoms with van der Waals surface area (Å²) in [6, 6.07) is 0. The lowest BCUT2D eigenvalue weighted by Gasteiger charge is -2.12. The molecule has 0 heterocycles. The summed E-state index contributed by atoms with van der Waals surface area (Å²) in [5.41, 5.74) is 0.553. The van der Waals surface area contributed by atoms with Gasteiger partial charge in [-0.3, -0.25) is 9.78 Å². The molecule has 0 aromatic carbocycles. The highest BCUT2D eigenvalue weighted by Crippen LogP contribution is 2.35. The standard InChI is InChI=1S/C6H13O6P/c1-5(2)6(12-7)3-4-11-13(8,9)10/h6-7H,1,3-4H2,2H3,(H2,8,9,10). The molecule has 6 nitrogen and oxygen atoms in total. The maximum absolute atomic E-state index is 10.2. The fourth-order valence-electron chi connectivity index (χ4n) is 0.668. The van der Waals surface area contributed by atoms with Crippen LogP contribution in [0.3, 0.4) is 0 Å². The van der Waals surface area contributed by atoms with Gasteiger partial charge in [-0.2, -0.15) is 0 Å². The summed E-state index contributed by atoms with van der Waals surface area (Å²) >= 11 is 0. The predicted octanol–water partition coefficient (Wildman–Crippen LogP) is 0.920. The van der Waals surface area contributed by atoms with E-state index in [1.807, 2.05) is 0 Å². The molecule has 0 saturated heterocycles. The summed E-state index contributed by atoms with van der Waals surface area (Å²) in [7, 11) is -4.43. The van der Waals surface area contributed by atoms with Gasteiger partial charge in [0.25, 0.3) is 0 Å². The SMILES string of the molecule is C=C(C)C(CCOP(=O)(O)O)OO. The summed E-state index contributed by atoms with van der Waals surface area (Å²) in [6.45, 7) is 4.92. The Morgan fingerprint density at radius 1 is 1.62 bits per heavy atom. The van der Waals surface area contributed by atoms with Crippen molar-refractivity contribution in [2.75, 3.05) is 6.61 Å². The van der Waals surface area contributed by atoms with E-state index in [9.17, 15) is 4.57 Å². The fourth-order valence-corrected chi connectivity index (χ4v) is 1.01. The van der Waals surface area contributed by atoms with Crippen molar-refractivity contribution in [1.29, 1.82) is 0 Å². The fraction of sp³-hybridized carbons (Fsp3) is 0.667. The topological polar surface area (TPSA) is 96.2 Å². The maximum atomic E-state index is 10.2. The minimum Gasteiger partial charge on any atom is -0.303 e. The number of phosphoric acid groups is 1. The van der Waals surface area contributed by atoms with Crippen LogP contribution in [0.5, 0.6) is 0 Å².